The first-order valence-electron chi connectivity index (χ1n) is 18.0. The molecule has 4 heteroatoms. The van der Waals surface area contributed by atoms with E-state index in [-0.39, 0.29) is 20.1 Å². The van der Waals surface area contributed by atoms with Crippen molar-refractivity contribution in [3.63, 3.8) is 0 Å². The number of pyridine rings is 2. The molecule has 1 saturated carbocycles. The quantitative estimate of drug-likeness (QED) is 0.0977. The molecule has 0 unspecified atom stereocenters. The van der Waals surface area contributed by atoms with Crippen molar-refractivity contribution in [2.45, 2.75) is 75.1 Å². The number of hydrogen-bond donors (Lipinski definition) is 0. The molecule has 2 nitrogen and oxygen atoms in total. The van der Waals surface area contributed by atoms with Gasteiger partial charge in [0.05, 0.1) is 0 Å². The number of hydrogen-bond acceptors (Lipinski definition) is 2. The van der Waals surface area contributed by atoms with Gasteiger partial charge in [0, 0.05) is 26.3 Å². The van der Waals surface area contributed by atoms with E-state index in [9.17, 15) is 0 Å². The second kappa shape index (κ2) is 15.7. The van der Waals surface area contributed by atoms with Crippen LogP contribution in [0.4, 0.5) is 0 Å². The summed E-state index contributed by atoms with van der Waals surface area (Å²) in [6.45, 7) is 4.42. The largest absolute Gasteiger partial charge is 0 e. The van der Waals surface area contributed by atoms with Gasteiger partial charge in [-0.15, -0.1) is 23.8 Å². The maximum Gasteiger partial charge on any atom is 0 e. The molecule has 0 amide bonds. The van der Waals surface area contributed by atoms with E-state index in [1.807, 2.05) is 18.3 Å². The summed E-state index contributed by atoms with van der Waals surface area (Å²) < 4.78 is 1.60. The molecule has 2 heterocycles. The van der Waals surface area contributed by atoms with Gasteiger partial charge in [0.15, 0.2) is 0 Å². The van der Waals surface area contributed by atoms with Crippen LogP contribution >= 0.6 is 0 Å². The molecule has 1 radical (unpaired) electrons. The van der Waals surface area contributed by atoms with Gasteiger partial charge in [0.1, 0.15) is 0 Å². The first-order chi connectivity index (χ1) is 23.8. The summed E-state index contributed by atoms with van der Waals surface area (Å²) in [7, 11) is 0. The van der Waals surface area contributed by atoms with Gasteiger partial charge in [0.25, 0.3) is 0 Å². The van der Waals surface area contributed by atoms with Crippen LogP contribution in [0.25, 0.3) is 54.8 Å². The zero-order valence-corrected chi connectivity index (χ0v) is 34.4. The summed E-state index contributed by atoms with van der Waals surface area (Å²) in [6.07, 6.45) is 11.0. The number of rotatable bonds is 5. The summed E-state index contributed by atoms with van der Waals surface area (Å²) in [6, 6.07) is 43.3. The first-order valence-corrected chi connectivity index (χ1v) is 25.3. The predicted molar refractivity (Wildman–Crippen MR) is 212 cm³/mol. The van der Waals surface area contributed by atoms with Crippen molar-refractivity contribution in [3.8, 4) is 22.5 Å². The summed E-state index contributed by atoms with van der Waals surface area (Å²) in [5.41, 5.74) is 7.15. The molecule has 0 aliphatic heterocycles. The topological polar surface area (TPSA) is 25.8 Å². The fraction of sp³-hybridized carbons (Fsp3) is 0.261. The molecular formula is C46H46GeIrN2-2. The van der Waals surface area contributed by atoms with E-state index in [1.165, 1.54) is 70.0 Å². The van der Waals surface area contributed by atoms with Gasteiger partial charge < -0.3 is 4.98 Å². The van der Waals surface area contributed by atoms with Crippen LogP contribution in [0.15, 0.2) is 116 Å². The molecule has 255 valence electrons. The Kier molecular flexibility index (Phi) is 11.4. The minimum absolute atomic E-state index is 0. The molecule has 8 rings (SSSR count). The fourth-order valence-corrected chi connectivity index (χ4v) is 10.8. The maximum absolute atomic E-state index is 4.79. The molecule has 1 aliphatic carbocycles. The zero-order chi connectivity index (χ0) is 34.0. The van der Waals surface area contributed by atoms with Gasteiger partial charge >= 0.3 is 137 Å². The molecular weight excluding hydrogens is 845 g/mol. The van der Waals surface area contributed by atoms with Crippen LogP contribution in [0.3, 0.4) is 0 Å². The average molecular weight is 892 g/mol. The Morgan fingerprint density at radius 2 is 1.26 bits per heavy atom. The van der Waals surface area contributed by atoms with Crippen molar-refractivity contribution in [2.24, 2.45) is 0 Å². The number of aromatic nitrogens is 2. The standard InChI is InChI=1S/C26H20N.C20H26GeN.Ir/c1-17(2)18-13-14-27-26(16-18)19-11-12-24-22-9-4-3-7-20(22)21-8-5-6-10-23(21)25(24)15-19;1-21(2,3)19-15-22-20(17-12-8-5-9-13-17)14-18(19)16-10-6-4-7-11-16;/h3-10,12-17H,1-2H3;5,8-9,12,14-16H,4,6-7,10-11H2,1-3H3;/q2*-1;. The van der Waals surface area contributed by atoms with Gasteiger partial charge in [-0.25, -0.2) is 0 Å². The summed E-state index contributed by atoms with van der Waals surface area (Å²) in [5, 5.41) is 7.64. The molecule has 0 spiro atoms. The van der Waals surface area contributed by atoms with Crippen molar-refractivity contribution in [1.82, 2.24) is 9.97 Å². The molecule has 0 saturated heterocycles. The van der Waals surface area contributed by atoms with Gasteiger partial charge in [-0.3, -0.25) is 0 Å². The molecule has 2 aromatic heterocycles. The van der Waals surface area contributed by atoms with Crippen molar-refractivity contribution in [2.75, 3.05) is 0 Å². The second-order valence-electron chi connectivity index (χ2n) is 14.9. The van der Waals surface area contributed by atoms with E-state index < -0.39 is 13.3 Å². The van der Waals surface area contributed by atoms with Crippen LogP contribution < -0.4 is 4.40 Å². The minimum Gasteiger partial charge on any atom is 0 e. The van der Waals surface area contributed by atoms with Gasteiger partial charge in [-0.05, 0) is 33.8 Å². The molecule has 50 heavy (non-hydrogen) atoms. The normalized spacial score (nSPS) is 13.6. The van der Waals surface area contributed by atoms with E-state index in [2.05, 4.69) is 145 Å². The zero-order valence-electron chi connectivity index (χ0n) is 29.9. The summed E-state index contributed by atoms with van der Waals surface area (Å²) >= 11 is -1.89. The predicted octanol–water partition coefficient (Wildman–Crippen LogP) is 12.3. The Balaban J connectivity index is 0.000000173. The van der Waals surface area contributed by atoms with Crippen LogP contribution in [0, 0.1) is 12.1 Å². The van der Waals surface area contributed by atoms with Crippen LogP contribution in [0.5, 0.6) is 0 Å². The monoisotopic (exact) mass is 893 g/mol. The Hall–Kier alpha value is -3.63. The third-order valence-electron chi connectivity index (χ3n) is 10.2. The van der Waals surface area contributed by atoms with Gasteiger partial charge in [-0.2, -0.15) is 0 Å². The van der Waals surface area contributed by atoms with Crippen LogP contribution in [0.1, 0.15) is 68.9 Å². The van der Waals surface area contributed by atoms with Crippen molar-refractivity contribution >= 4 is 50.0 Å². The van der Waals surface area contributed by atoms with Crippen molar-refractivity contribution in [1.29, 1.82) is 0 Å². The van der Waals surface area contributed by atoms with E-state index in [0.717, 1.165) is 28.4 Å². The molecule has 7 aromatic rings. The van der Waals surface area contributed by atoms with E-state index in [4.69, 9.17) is 4.98 Å². The Morgan fingerprint density at radius 3 is 1.88 bits per heavy atom. The molecule has 0 bridgehead atoms. The summed E-state index contributed by atoms with van der Waals surface area (Å²) in [4.78, 5) is 9.40. The van der Waals surface area contributed by atoms with Crippen molar-refractivity contribution < 1.29 is 20.1 Å². The SMILES string of the molecule is CC(C)c1ccnc(-c2[c-]cc3c4ccccc4c4ccccc4c3c2)c1.[CH3][Ge]([CH3])([CH3])[c]1cnc(-c2[c-]cccc2)cc1C1CCCCC1.[Ir]. The van der Waals surface area contributed by atoms with Gasteiger partial charge in [-0.1, -0.05) is 90.2 Å². The number of benzene rings is 5. The molecule has 5 aromatic carbocycles. The van der Waals surface area contributed by atoms with Crippen LogP contribution in [0.2, 0.25) is 17.3 Å². The maximum atomic E-state index is 4.79. The van der Waals surface area contributed by atoms with E-state index in [0.29, 0.717) is 5.92 Å². The van der Waals surface area contributed by atoms with Crippen LogP contribution in [-0.2, 0) is 20.1 Å². The Morgan fingerprint density at radius 1 is 0.640 bits per heavy atom. The minimum atomic E-state index is -1.89. The second-order valence-corrected chi connectivity index (χ2v) is 25.5. The molecule has 1 aliphatic rings. The Bertz CT molecular complexity index is 2200. The molecule has 1 fully saturated rings. The van der Waals surface area contributed by atoms with E-state index >= 15 is 0 Å². The van der Waals surface area contributed by atoms with Crippen molar-refractivity contribution in [3.05, 3.63) is 139 Å². The first kappa shape index (κ1) is 36.2. The molecule has 0 N–H and O–H groups in total. The Labute approximate surface area is 314 Å². The number of fused-ring (bicyclic) bond motifs is 6. The third kappa shape index (κ3) is 7.66. The molecule has 0 atom stereocenters. The third-order valence-corrected chi connectivity index (χ3v) is 14.4. The number of nitrogens with zero attached hydrogens (tertiary/aromatic N) is 2. The van der Waals surface area contributed by atoms with Gasteiger partial charge in [0.2, 0.25) is 0 Å². The van der Waals surface area contributed by atoms with E-state index in [1.54, 1.807) is 9.96 Å². The summed E-state index contributed by atoms with van der Waals surface area (Å²) in [5.74, 6) is 8.68. The van der Waals surface area contributed by atoms with Crippen LogP contribution in [-0.4, -0.2) is 23.2 Å². The smallest absolute Gasteiger partial charge is 0 e. The fourth-order valence-electron chi connectivity index (χ4n) is 7.49. The average Bonchev–Trinajstić information content (AvgIpc) is 3.15.